The summed E-state index contributed by atoms with van der Waals surface area (Å²) in [6.45, 7) is 0. The predicted molar refractivity (Wildman–Crippen MR) is 120 cm³/mol. The molecule has 1 unspecified atom stereocenters. The zero-order chi connectivity index (χ0) is 18.8. The first-order valence-corrected chi connectivity index (χ1v) is 11.9. The van der Waals surface area contributed by atoms with Gasteiger partial charge in [0.05, 0.1) is 0 Å². The second kappa shape index (κ2) is 9.34. The number of amides is 1. The maximum absolute atomic E-state index is 12.9. The van der Waals surface area contributed by atoms with Gasteiger partial charge in [0.25, 0.3) is 0 Å². The fourth-order valence-corrected chi connectivity index (χ4v) is 6.58. The molecule has 3 aromatic rings. The van der Waals surface area contributed by atoms with Crippen LogP contribution in [0, 0.1) is 0 Å². The number of rotatable bonds is 4. The Morgan fingerprint density at radius 1 is 1.25 bits per heavy atom. The van der Waals surface area contributed by atoms with Crippen LogP contribution in [0.2, 0.25) is 5.02 Å². The van der Waals surface area contributed by atoms with E-state index >= 15 is 0 Å². The minimum atomic E-state index is -0.625. The molecule has 1 aliphatic rings. The number of nitrogens with one attached hydrogen (secondary N) is 1. The summed E-state index contributed by atoms with van der Waals surface area (Å²) in [7, 11) is 1.99. The third-order valence-corrected chi connectivity index (χ3v) is 8.00. The van der Waals surface area contributed by atoms with Gasteiger partial charge in [0.15, 0.2) is 0 Å². The number of carbonyl (C=O) groups is 1. The van der Waals surface area contributed by atoms with Crippen molar-refractivity contribution in [3.63, 3.8) is 0 Å². The number of aromatic nitrogens is 2. The van der Waals surface area contributed by atoms with Gasteiger partial charge in [0.2, 0.25) is 0 Å². The molecule has 0 aliphatic heterocycles. The van der Waals surface area contributed by atoms with Gasteiger partial charge in [-0.05, 0) is 0 Å². The molecule has 1 aromatic carbocycles. The van der Waals surface area contributed by atoms with E-state index in [2.05, 4.69) is 17.4 Å². The summed E-state index contributed by atoms with van der Waals surface area (Å²) >= 11 is 5.51. The molecule has 1 fully saturated rings. The monoisotopic (exact) mass is 479 g/mol. The van der Waals surface area contributed by atoms with Crippen LogP contribution in [-0.4, -0.2) is 37.3 Å². The summed E-state index contributed by atoms with van der Waals surface area (Å²) in [5, 5.41) is 5.05. The Morgan fingerprint density at radius 3 is 2.79 bits per heavy atom. The van der Waals surface area contributed by atoms with Gasteiger partial charge < -0.3 is 0 Å². The normalized spacial score (nSPS) is 15.1. The molecule has 0 spiro atoms. The van der Waals surface area contributed by atoms with Crippen molar-refractivity contribution in [3.05, 3.63) is 53.3 Å². The van der Waals surface area contributed by atoms with Crippen molar-refractivity contribution in [2.75, 3.05) is 0 Å². The molecule has 1 saturated carbocycles. The summed E-state index contributed by atoms with van der Waals surface area (Å²) < 4.78 is 4.35. The van der Waals surface area contributed by atoms with E-state index in [1.54, 1.807) is 6.20 Å². The summed E-state index contributed by atoms with van der Waals surface area (Å²) in [5.74, 6) is -0.00416. The summed E-state index contributed by atoms with van der Waals surface area (Å²) in [5.41, 5.74) is 1.64. The number of halogens is 2. The van der Waals surface area contributed by atoms with Gasteiger partial charge in [0.1, 0.15) is 0 Å². The molecule has 7 heteroatoms. The van der Waals surface area contributed by atoms with Gasteiger partial charge in [-0.3, -0.25) is 0 Å². The zero-order valence-corrected chi connectivity index (χ0v) is 19.4. The van der Waals surface area contributed by atoms with E-state index in [1.807, 2.05) is 36.0 Å². The fourth-order valence-electron chi connectivity index (χ4n) is 3.79. The molecule has 2 aromatic heterocycles. The van der Waals surface area contributed by atoms with Crippen LogP contribution in [-0.2, 0) is 7.05 Å². The maximum atomic E-state index is 12.9. The van der Waals surface area contributed by atoms with E-state index in [9.17, 15) is 4.79 Å². The number of benzene rings is 1. The van der Waals surface area contributed by atoms with E-state index in [-0.39, 0.29) is 18.3 Å². The quantitative estimate of drug-likeness (QED) is 0.584. The number of nitrogens with zero attached hydrogens (tertiary/aromatic N) is 2. The second-order valence-corrected chi connectivity index (χ2v) is 10.3. The van der Waals surface area contributed by atoms with Crippen LogP contribution in [0.3, 0.4) is 0 Å². The minimum absolute atomic E-state index is 0. The molecule has 1 aliphatic carbocycles. The van der Waals surface area contributed by atoms with Crippen molar-refractivity contribution in [2.45, 2.75) is 38.1 Å². The van der Waals surface area contributed by atoms with Crippen LogP contribution in [0.15, 0.2) is 42.7 Å². The van der Waals surface area contributed by atoms with E-state index in [4.69, 9.17) is 16.6 Å². The molecule has 1 N–H and O–H groups in total. The van der Waals surface area contributed by atoms with Gasteiger partial charge in [-0.15, -0.1) is 12.4 Å². The Morgan fingerprint density at radius 2 is 2.04 bits per heavy atom. The molecule has 4 rings (SSSR count). The molecule has 2 heterocycles. The van der Waals surface area contributed by atoms with Gasteiger partial charge in [0, 0.05) is 0 Å². The molecule has 1 atom stereocenters. The average molecular weight is 480 g/mol. The van der Waals surface area contributed by atoms with Gasteiger partial charge in [-0.1, -0.05) is 0 Å². The molecular formula is C21H24AsCl2N3O. The molecule has 148 valence electrons. The number of fused-ring (bicyclic) bond motifs is 1. The average Bonchev–Trinajstić information content (AvgIpc) is 3.05. The van der Waals surface area contributed by atoms with E-state index in [1.165, 1.54) is 23.6 Å². The Kier molecular flexibility index (Phi) is 7.09. The Hall–Kier alpha value is -1.48. The van der Waals surface area contributed by atoms with E-state index in [0.717, 1.165) is 33.2 Å². The molecule has 28 heavy (non-hydrogen) atoms. The van der Waals surface area contributed by atoms with Gasteiger partial charge in [-0.25, -0.2) is 0 Å². The standard InChI is InChI=1S/C21H23AsClN3O.ClH/c1-26-11-10-17-19(26)18(21(27)25-16-8-3-2-4-9-16)13-24-20(17)22-14-6-5-7-15(23)12-14;/h5-7,10-13,16,22H,2-4,8-9H2,1H3,(H,25,27);1H. The van der Waals surface area contributed by atoms with Crippen LogP contribution in [0.25, 0.3) is 10.9 Å². The molecule has 0 saturated heterocycles. The molecule has 1 amide bonds. The summed E-state index contributed by atoms with van der Waals surface area (Å²) in [6, 6.07) is 10.4. The summed E-state index contributed by atoms with van der Waals surface area (Å²) in [4.78, 5) is 17.6. The third-order valence-electron chi connectivity index (χ3n) is 5.18. The van der Waals surface area contributed by atoms with Crippen molar-refractivity contribution >= 4 is 65.4 Å². The summed E-state index contributed by atoms with van der Waals surface area (Å²) in [6.07, 6.45) is 9.60. The Balaban J connectivity index is 0.00000225. The van der Waals surface area contributed by atoms with Crippen molar-refractivity contribution in [2.24, 2.45) is 7.05 Å². The van der Waals surface area contributed by atoms with Crippen molar-refractivity contribution < 1.29 is 4.79 Å². The van der Waals surface area contributed by atoms with Crippen molar-refractivity contribution in [3.8, 4) is 0 Å². The Labute approximate surface area is 183 Å². The first-order chi connectivity index (χ1) is 13.1. The first-order valence-electron chi connectivity index (χ1n) is 9.39. The second-order valence-electron chi connectivity index (χ2n) is 7.15. The molecule has 0 bridgehead atoms. The van der Waals surface area contributed by atoms with Gasteiger partial charge >= 0.3 is 171 Å². The van der Waals surface area contributed by atoms with Crippen molar-refractivity contribution in [1.82, 2.24) is 14.9 Å². The van der Waals surface area contributed by atoms with Crippen LogP contribution < -0.4 is 14.1 Å². The number of carbonyl (C=O) groups excluding carboxylic acids is 1. The molecular weight excluding hydrogens is 456 g/mol. The van der Waals surface area contributed by atoms with Crippen LogP contribution >= 0.6 is 24.0 Å². The van der Waals surface area contributed by atoms with Crippen LogP contribution in [0.5, 0.6) is 0 Å². The SMILES string of the molecule is Cl.Cn1ccc2c([AsH]c3cccc(Cl)c3)ncc(C(=O)NC3CCCCC3)c21. The van der Waals surface area contributed by atoms with Crippen molar-refractivity contribution in [1.29, 1.82) is 0 Å². The van der Waals surface area contributed by atoms with Crippen LogP contribution in [0.4, 0.5) is 0 Å². The topological polar surface area (TPSA) is 46.9 Å². The molecule has 4 nitrogen and oxygen atoms in total. The molecule has 0 radical (unpaired) electrons. The van der Waals surface area contributed by atoms with E-state index < -0.39 is 15.8 Å². The van der Waals surface area contributed by atoms with E-state index in [0.29, 0.717) is 11.6 Å². The first kappa shape index (κ1) is 21.2. The van der Waals surface area contributed by atoms with Crippen LogP contribution in [0.1, 0.15) is 42.5 Å². The zero-order valence-electron chi connectivity index (χ0n) is 15.7. The number of pyridine rings is 1. The van der Waals surface area contributed by atoms with Gasteiger partial charge in [-0.2, -0.15) is 0 Å². The number of aryl methyl sites for hydroxylation is 1. The number of hydrogen-bond donors (Lipinski definition) is 1. The third kappa shape index (κ3) is 4.56. The Bertz CT molecular complexity index is 983. The fraction of sp³-hybridized carbons (Fsp3) is 0.333. The predicted octanol–water partition coefficient (Wildman–Crippen LogP) is 3.10. The number of hydrogen-bond acceptors (Lipinski definition) is 2.